The van der Waals surface area contributed by atoms with Crippen LogP contribution < -0.4 is 5.32 Å². The van der Waals surface area contributed by atoms with Crippen LogP contribution in [0.4, 0.5) is 5.82 Å². The summed E-state index contributed by atoms with van der Waals surface area (Å²) in [5, 5.41) is 20.9. The fraction of sp³-hybridized carbons (Fsp3) is 0.462. The molecule has 1 heterocycles. The number of pyridine rings is 1. The van der Waals surface area contributed by atoms with Gasteiger partial charge < -0.3 is 10.4 Å². The van der Waals surface area contributed by atoms with E-state index >= 15 is 0 Å². The van der Waals surface area contributed by atoms with Crippen LogP contribution in [-0.4, -0.2) is 22.1 Å². The van der Waals surface area contributed by atoms with Crippen molar-refractivity contribution >= 4 is 11.8 Å². The first-order valence-electron chi connectivity index (χ1n) is 5.93. The number of aryl methyl sites for hydroxylation is 1. The van der Waals surface area contributed by atoms with E-state index in [0.717, 1.165) is 18.5 Å². The molecule has 0 spiro atoms. The Morgan fingerprint density at radius 1 is 1.61 bits per heavy atom. The highest BCUT2D eigenvalue weighted by atomic mass is 16.4. The molecule has 1 aromatic rings. The van der Waals surface area contributed by atoms with Crippen molar-refractivity contribution in [3.8, 4) is 6.07 Å². The Hall–Kier alpha value is -2.09. The summed E-state index contributed by atoms with van der Waals surface area (Å²) >= 11 is 0. The van der Waals surface area contributed by atoms with E-state index in [1.54, 1.807) is 12.1 Å². The average molecular weight is 247 g/mol. The Labute approximate surface area is 106 Å². The van der Waals surface area contributed by atoms with E-state index in [2.05, 4.69) is 16.4 Å². The van der Waals surface area contributed by atoms with Gasteiger partial charge in [0.1, 0.15) is 11.9 Å². The van der Waals surface area contributed by atoms with Crippen LogP contribution in [0.5, 0.6) is 0 Å². The lowest BCUT2D eigenvalue weighted by Gasteiger charge is -2.17. The molecule has 5 nitrogen and oxygen atoms in total. The normalized spacial score (nSPS) is 11.6. The van der Waals surface area contributed by atoms with Crippen molar-refractivity contribution in [3.05, 3.63) is 23.4 Å². The van der Waals surface area contributed by atoms with E-state index < -0.39 is 5.97 Å². The minimum Gasteiger partial charge on any atom is -0.481 e. The number of carbonyl (C=O) groups is 1. The van der Waals surface area contributed by atoms with E-state index in [1.165, 1.54) is 0 Å². The predicted molar refractivity (Wildman–Crippen MR) is 68.3 cm³/mol. The third-order valence-corrected chi connectivity index (χ3v) is 2.55. The van der Waals surface area contributed by atoms with Gasteiger partial charge in [-0.25, -0.2) is 4.98 Å². The molecule has 1 aromatic heterocycles. The minimum atomic E-state index is -0.855. The van der Waals surface area contributed by atoms with E-state index in [9.17, 15) is 4.79 Å². The molecule has 0 radical (unpaired) electrons. The summed E-state index contributed by atoms with van der Waals surface area (Å²) in [6, 6.07) is 5.30. The number of nitriles is 1. The summed E-state index contributed by atoms with van der Waals surface area (Å²) in [5.74, 6) is -0.385. The van der Waals surface area contributed by atoms with Crippen LogP contribution in [0.3, 0.4) is 0 Å². The molecule has 0 aliphatic heterocycles. The van der Waals surface area contributed by atoms with E-state index in [1.807, 2.05) is 13.8 Å². The highest BCUT2D eigenvalue weighted by molar-refractivity contribution is 5.68. The number of aliphatic carboxylic acids is 1. The summed E-state index contributed by atoms with van der Waals surface area (Å²) in [6.07, 6.45) is 1.62. The lowest BCUT2D eigenvalue weighted by molar-refractivity contribution is -0.137. The number of anilines is 1. The molecule has 0 aromatic carbocycles. The van der Waals surface area contributed by atoms with E-state index in [-0.39, 0.29) is 12.5 Å². The summed E-state index contributed by atoms with van der Waals surface area (Å²) < 4.78 is 0. The Morgan fingerprint density at radius 3 is 2.89 bits per heavy atom. The van der Waals surface area contributed by atoms with Crippen molar-refractivity contribution in [2.24, 2.45) is 0 Å². The number of aromatic nitrogens is 1. The summed E-state index contributed by atoms with van der Waals surface area (Å²) in [6.45, 7) is 3.82. The zero-order valence-electron chi connectivity index (χ0n) is 10.6. The van der Waals surface area contributed by atoms with Gasteiger partial charge in [0.2, 0.25) is 0 Å². The Bertz CT molecular complexity index is 466. The van der Waals surface area contributed by atoms with Gasteiger partial charge in [0.15, 0.2) is 0 Å². The lowest BCUT2D eigenvalue weighted by Crippen LogP contribution is -2.24. The molecule has 0 fully saturated rings. The molecule has 18 heavy (non-hydrogen) atoms. The minimum absolute atomic E-state index is 0.0222. The smallest absolute Gasteiger partial charge is 0.305 e. The molecule has 5 heteroatoms. The van der Waals surface area contributed by atoms with E-state index in [0.29, 0.717) is 11.4 Å². The van der Waals surface area contributed by atoms with Gasteiger partial charge in [-0.05, 0) is 25.5 Å². The quantitative estimate of drug-likeness (QED) is 0.805. The van der Waals surface area contributed by atoms with Crippen molar-refractivity contribution in [2.45, 2.75) is 39.2 Å². The van der Waals surface area contributed by atoms with Gasteiger partial charge >= 0.3 is 5.97 Å². The first-order chi connectivity index (χ1) is 8.56. The summed E-state index contributed by atoms with van der Waals surface area (Å²) in [5.41, 5.74) is 1.23. The van der Waals surface area contributed by atoms with Crippen molar-refractivity contribution in [3.63, 3.8) is 0 Å². The van der Waals surface area contributed by atoms with Crippen LogP contribution in [0.1, 0.15) is 37.4 Å². The highest BCUT2D eigenvalue weighted by Gasteiger charge is 2.14. The number of carboxylic acids is 1. The summed E-state index contributed by atoms with van der Waals surface area (Å²) in [7, 11) is 0. The first-order valence-corrected chi connectivity index (χ1v) is 5.93. The third-order valence-electron chi connectivity index (χ3n) is 2.55. The zero-order valence-corrected chi connectivity index (χ0v) is 10.6. The number of nitrogens with one attached hydrogen (secondary N) is 1. The van der Waals surface area contributed by atoms with Crippen LogP contribution in [0.25, 0.3) is 0 Å². The maximum absolute atomic E-state index is 10.8. The van der Waals surface area contributed by atoms with Gasteiger partial charge in [-0.15, -0.1) is 0 Å². The van der Waals surface area contributed by atoms with Crippen molar-refractivity contribution < 1.29 is 9.90 Å². The van der Waals surface area contributed by atoms with Crippen LogP contribution in [0.2, 0.25) is 0 Å². The molecular weight excluding hydrogens is 230 g/mol. The first kappa shape index (κ1) is 14.0. The molecule has 0 saturated heterocycles. The number of rotatable bonds is 6. The Balaban J connectivity index is 2.89. The van der Waals surface area contributed by atoms with Crippen LogP contribution in [0, 0.1) is 18.3 Å². The second-order valence-corrected chi connectivity index (χ2v) is 4.19. The average Bonchev–Trinajstić information content (AvgIpc) is 2.28. The molecule has 1 unspecified atom stereocenters. The Kier molecular flexibility index (Phi) is 5.12. The second kappa shape index (κ2) is 6.60. The molecule has 0 bridgehead atoms. The number of hydrogen-bond donors (Lipinski definition) is 2. The van der Waals surface area contributed by atoms with Gasteiger partial charge in [0.25, 0.3) is 0 Å². The molecule has 0 saturated carbocycles. The fourth-order valence-electron chi connectivity index (χ4n) is 1.73. The van der Waals surface area contributed by atoms with Gasteiger partial charge in [0.05, 0.1) is 12.0 Å². The van der Waals surface area contributed by atoms with Crippen molar-refractivity contribution in [2.75, 3.05) is 5.32 Å². The van der Waals surface area contributed by atoms with Crippen LogP contribution >= 0.6 is 0 Å². The maximum Gasteiger partial charge on any atom is 0.305 e. The topological polar surface area (TPSA) is 86.0 Å². The number of carboxylic acid groups (broad SMARTS) is 1. The van der Waals surface area contributed by atoms with Gasteiger partial charge in [-0.2, -0.15) is 5.26 Å². The predicted octanol–water partition coefficient (Wildman–Crippen LogP) is 2.32. The number of hydrogen-bond acceptors (Lipinski definition) is 4. The van der Waals surface area contributed by atoms with Crippen molar-refractivity contribution in [1.82, 2.24) is 4.98 Å². The molecule has 0 aliphatic carbocycles. The van der Waals surface area contributed by atoms with E-state index in [4.69, 9.17) is 10.4 Å². The molecule has 1 atom stereocenters. The molecular formula is C13H17N3O2. The SMILES string of the molecule is CCCC(CC(=O)O)Nc1nc(C)ccc1C#N. The Morgan fingerprint density at radius 2 is 2.33 bits per heavy atom. The highest BCUT2D eigenvalue weighted by Crippen LogP contribution is 2.16. The maximum atomic E-state index is 10.8. The molecule has 2 N–H and O–H groups in total. The van der Waals surface area contributed by atoms with Crippen LogP contribution in [-0.2, 0) is 4.79 Å². The summed E-state index contributed by atoms with van der Waals surface area (Å²) in [4.78, 5) is 15.0. The third kappa shape index (κ3) is 4.06. The van der Waals surface area contributed by atoms with Crippen LogP contribution in [0.15, 0.2) is 12.1 Å². The molecule has 0 aliphatic rings. The monoisotopic (exact) mass is 247 g/mol. The molecule has 0 amide bonds. The van der Waals surface area contributed by atoms with Crippen molar-refractivity contribution in [1.29, 1.82) is 5.26 Å². The van der Waals surface area contributed by atoms with Gasteiger partial charge in [-0.3, -0.25) is 4.79 Å². The van der Waals surface area contributed by atoms with Gasteiger partial charge in [0, 0.05) is 11.7 Å². The second-order valence-electron chi connectivity index (χ2n) is 4.19. The largest absolute Gasteiger partial charge is 0.481 e. The van der Waals surface area contributed by atoms with Gasteiger partial charge in [-0.1, -0.05) is 13.3 Å². The molecule has 1 rings (SSSR count). The molecule has 96 valence electrons. The lowest BCUT2D eigenvalue weighted by atomic mass is 10.1. The number of nitrogens with zero attached hydrogens (tertiary/aromatic N) is 2. The fourth-order valence-corrected chi connectivity index (χ4v) is 1.73. The zero-order chi connectivity index (χ0) is 13.5. The standard InChI is InChI=1S/C13H17N3O2/c1-3-4-11(7-12(17)18)16-13-10(8-14)6-5-9(2)15-13/h5-6,11H,3-4,7H2,1-2H3,(H,15,16)(H,17,18).